The number of aliphatic hydroxyl groups excluding tert-OH is 1. The van der Waals surface area contributed by atoms with Gasteiger partial charge in [0.25, 0.3) is 0 Å². The van der Waals surface area contributed by atoms with Gasteiger partial charge in [-0.05, 0) is 110 Å². The van der Waals surface area contributed by atoms with Crippen LogP contribution in [0.15, 0.2) is 12.1 Å². The molecule has 7 unspecified atom stereocenters. The van der Waals surface area contributed by atoms with Crippen LogP contribution in [-0.4, -0.2) is 23.9 Å². The third-order valence-corrected chi connectivity index (χ3v) is 10.9. The molecule has 0 aromatic heterocycles. The largest absolute Gasteiger partial charge is 0.497 e. The number of fused-ring (bicyclic) bond motifs is 6. The van der Waals surface area contributed by atoms with Crippen molar-refractivity contribution in [2.75, 3.05) is 7.11 Å². The van der Waals surface area contributed by atoms with Gasteiger partial charge in [0.1, 0.15) is 17.1 Å². The van der Waals surface area contributed by atoms with E-state index in [0.29, 0.717) is 23.2 Å². The van der Waals surface area contributed by atoms with Crippen LogP contribution in [0.2, 0.25) is 0 Å². The van der Waals surface area contributed by atoms with Gasteiger partial charge < -0.3 is 14.6 Å². The third kappa shape index (κ3) is 2.81. The average Bonchev–Trinajstić information content (AvgIpc) is 2.70. The molecule has 0 amide bonds. The van der Waals surface area contributed by atoms with E-state index in [4.69, 9.17) is 9.47 Å². The lowest BCUT2D eigenvalue weighted by atomic mass is 9.37. The smallest absolute Gasteiger partial charge is 0.126 e. The molecule has 1 aromatic rings. The van der Waals surface area contributed by atoms with E-state index in [1.54, 1.807) is 7.11 Å². The second kappa shape index (κ2) is 6.65. The highest BCUT2D eigenvalue weighted by atomic mass is 16.5. The summed E-state index contributed by atoms with van der Waals surface area (Å²) in [6.07, 6.45) is 7.88. The molecule has 3 heteroatoms. The summed E-state index contributed by atoms with van der Waals surface area (Å²) < 4.78 is 12.5. The van der Waals surface area contributed by atoms with Crippen molar-refractivity contribution >= 4 is 0 Å². The minimum absolute atomic E-state index is 0.00915. The van der Waals surface area contributed by atoms with Gasteiger partial charge in [0.05, 0.1) is 13.2 Å². The van der Waals surface area contributed by atoms with Crippen LogP contribution < -0.4 is 9.47 Å². The molecule has 4 aliphatic rings. The molecule has 1 N–H and O–H groups in total. The van der Waals surface area contributed by atoms with E-state index in [1.807, 2.05) is 0 Å². The fourth-order valence-electron chi connectivity index (χ4n) is 9.21. The Bertz CT molecular complexity index is 890. The molecule has 0 spiro atoms. The van der Waals surface area contributed by atoms with Gasteiger partial charge in [0, 0.05) is 5.92 Å². The molecular formula is C28H42O3. The fraction of sp³-hybridized carbons (Fsp3) is 0.786. The predicted molar refractivity (Wildman–Crippen MR) is 125 cm³/mol. The van der Waals surface area contributed by atoms with Crippen molar-refractivity contribution in [1.29, 1.82) is 0 Å². The van der Waals surface area contributed by atoms with E-state index in [0.717, 1.165) is 37.2 Å². The second-order valence-electron chi connectivity index (χ2n) is 12.7. The van der Waals surface area contributed by atoms with E-state index < -0.39 is 0 Å². The molecule has 1 aliphatic heterocycles. The third-order valence-electron chi connectivity index (χ3n) is 10.9. The Morgan fingerprint density at radius 3 is 2.26 bits per heavy atom. The Hall–Kier alpha value is -1.22. The number of hydrogen-bond donors (Lipinski definition) is 1. The van der Waals surface area contributed by atoms with Crippen LogP contribution in [0.4, 0.5) is 0 Å². The summed E-state index contributed by atoms with van der Waals surface area (Å²) in [7, 11) is 1.76. The highest BCUT2D eigenvalue weighted by molar-refractivity contribution is 5.49. The van der Waals surface area contributed by atoms with Crippen molar-refractivity contribution in [2.24, 2.45) is 34.0 Å². The summed E-state index contributed by atoms with van der Waals surface area (Å²) in [5, 5.41) is 10.8. The number of aliphatic hydroxyl groups is 1. The van der Waals surface area contributed by atoms with Crippen LogP contribution in [0.25, 0.3) is 0 Å². The fourth-order valence-corrected chi connectivity index (χ4v) is 9.21. The number of methoxy groups -OCH3 is 1. The molecule has 0 radical (unpaired) electrons. The highest BCUT2D eigenvalue weighted by Crippen LogP contribution is 2.70. The predicted octanol–water partition coefficient (Wildman–Crippen LogP) is 6.33. The van der Waals surface area contributed by atoms with Gasteiger partial charge in [-0.1, -0.05) is 27.7 Å². The zero-order chi connectivity index (χ0) is 22.4. The summed E-state index contributed by atoms with van der Waals surface area (Å²) in [6, 6.07) is 4.32. The van der Waals surface area contributed by atoms with Crippen molar-refractivity contribution in [2.45, 2.75) is 98.2 Å². The minimum Gasteiger partial charge on any atom is -0.497 e. The highest BCUT2D eigenvalue weighted by Gasteiger charge is 2.66. The molecule has 3 saturated carbocycles. The van der Waals surface area contributed by atoms with Crippen LogP contribution in [0.5, 0.6) is 11.5 Å². The Morgan fingerprint density at radius 2 is 1.55 bits per heavy atom. The average molecular weight is 427 g/mol. The van der Waals surface area contributed by atoms with Crippen molar-refractivity contribution in [3.63, 3.8) is 0 Å². The Labute approximate surface area is 188 Å². The minimum atomic E-state index is -0.163. The first-order valence-electron chi connectivity index (χ1n) is 12.5. The molecular weight excluding hydrogens is 384 g/mol. The molecule has 0 bridgehead atoms. The van der Waals surface area contributed by atoms with E-state index in [9.17, 15) is 5.11 Å². The molecule has 5 rings (SSSR count). The number of hydrogen-bond acceptors (Lipinski definition) is 3. The molecule has 1 heterocycles. The van der Waals surface area contributed by atoms with Gasteiger partial charge in [-0.15, -0.1) is 0 Å². The first kappa shape index (κ1) is 21.6. The Balaban J connectivity index is 1.55. The van der Waals surface area contributed by atoms with Crippen molar-refractivity contribution in [3.05, 3.63) is 23.3 Å². The number of benzene rings is 1. The van der Waals surface area contributed by atoms with Gasteiger partial charge in [-0.3, -0.25) is 0 Å². The summed E-state index contributed by atoms with van der Waals surface area (Å²) in [6.45, 7) is 14.3. The van der Waals surface area contributed by atoms with Gasteiger partial charge in [0.2, 0.25) is 0 Å². The number of ether oxygens (including phenoxy) is 2. The molecule has 3 fully saturated rings. The first-order valence-corrected chi connectivity index (χ1v) is 12.5. The number of aryl methyl sites for hydroxylation is 1. The zero-order valence-corrected chi connectivity index (χ0v) is 20.7. The van der Waals surface area contributed by atoms with Crippen LogP contribution >= 0.6 is 0 Å². The summed E-state index contributed by atoms with van der Waals surface area (Å²) >= 11 is 0. The molecule has 31 heavy (non-hydrogen) atoms. The summed E-state index contributed by atoms with van der Waals surface area (Å²) in [5.41, 5.74) is 3.01. The van der Waals surface area contributed by atoms with E-state index in [2.05, 4.69) is 53.7 Å². The summed E-state index contributed by atoms with van der Waals surface area (Å²) in [5.74, 6) is 3.86. The molecule has 3 aliphatic carbocycles. The molecule has 3 nitrogen and oxygen atoms in total. The van der Waals surface area contributed by atoms with Crippen LogP contribution in [0, 0.1) is 40.9 Å². The lowest BCUT2D eigenvalue weighted by Crippen LogP contribution is -2.66. The van der Waals surface area contributed by atoms with E-state index >= 15 is 0 Å². The first-order chi connectivity index (χ1) is 14.5. The van der Waals surface area contributed by atoms with Crippen molar-refractivity contribution in [3.8, 4) is 11.5 Å². The van der Waals surface area contributed by atoms with E-state index in [1.165, 1.54) is 30.4 Å². The SMILES string of the molecule is COc1cc(C)c2c(c1)CC1C(C)(CCC3C1(C)CCC1C(C)(C)C(O)CCC13C)O2. The second-order valence-corrected chi connectivity index (χ2v) is 12.7. The molecule has 0 saturated heterocycles. The molecule has 1 aromatic carbocycles. The Kier molecular flexibility index (Phi) is 4.64. The van der Waals surface area contributed by atoms with Gasteiger partial charge >= 0.3 is 0 Å². The lowest BCUT2D eigenvalue weighted by Gasteiger charge is -2.69. The standard InChI is InChI=1S/C28H42O3/c1-17-14-19(30-7)15-18-16-22-27(5)11-8-20-25(2,3)23(29)10-12-26(20,4)21(27)9-13-28(22,6)31-24(17)18/h14-15,20-23,29H,8-13,16H2,1-7H3. The van der Waals surface area contributed by atoms with Gasteiger partial charge in [-0.25, -0.2) is 0 Å². The van der Waals surface area contributed by atoms with Crippen molar-refractivity contribution in [1.82, 2.24) is 0 Å². The topological polar surface area (TPSA) is 38.7 Å². The van der Waals surface area contributed by atoms with Gasteiger partial charge in [-0.2, -0.15) is 0 Å². The maximum absolute atomic E-state index is 10.8. The summed E-state index contributed by atoms with van der Waals surface area (Å²) in [4.78, 5) is 0. The maximum atomic E-state index is 10.8. The lowest BCUT2D eigenvalue weighted by molar-refractivity contribution is -0.223. The monoisotopic (exact) mass is 426 g/mol. The zero-order valence-electron chi connectivity index (χ0n) is 20.7. The van der Waals surface area contributed by atoms with Crippen molar-refractivity contribution < 1.29 is 14.6 Å². The van der Waals surface area contributed by atoms with E-state index in [-0.39, 0.29) is 22.5 Å². The normalized spacial score (nSPS) is 45.4. The van der Waals surface area contributed by atoms with Gasteiger partial charge in [0.15, 0.2) is 0 Å². The number of rotatable bonds is 1. The maximum Gasteiger partial charge on any atom is 0.126 e. The quantitative estimate of drug-likeness (QED) is 0.570. The van der Waals surface area contributed by atoms with Crippen LogP contribution in [0.1, 0.15) is 84.3 Å². The molecule has 7 atom stereocenters. The molecule has 172 valence electrons. The van der Waals surface area contributed by atoms with Crippen LogP contribution in [-0.2, 0) is 6.42 Å². The Morgan fingerprint density at radius 1 is 0.903 bits per heavy atom. The van der Waals surface area contributed by atoms with Crippen LogP contribution in [0.3, 0.4) is 0 Å².